The minimum atomic E-state index is -1.07. The van der Waals surface area contributed by atoms with E-state index in [0.29, 0.717) is 0 Å². The first-order valence-electron chi connectivity index (χ1n) is 4.48. The molecule has 0 fully saturated rings. The number of nitrogens with one attached hydrogen (secondary N) is 1. The largest absolute Gasteiger partial charge is 0.477 e. The molecule has 88 valence electrons. The summed E-state index contributed by atoms with van der Waals surface area (Å²) in [5, 5.41) is 11.8. The van der Waals surface area contributed by atoms with Gasteiger partial charge in [-0.15, -0.1) is 0 Å². The van der Waals surface area contributed by atoms with Crippen molar-refractivity contribution in [2.75, 3.05) is 5.32 Å². The molecule has 0 unspecified atom stereocenters. The predicted molar refractivity (Wildman–Crippen MR) is 63.8 cm³/mol. The fraction of sp³-hybridized carbons (Fsp3) is 0. The summed E-state index contributed by atoms with van der Waals surface area (Å²) in [7, 11) is 0. The molecule has 0 aliphatic heterocycles. The maximum atomic E-state index is 13.4. The zero-order valence-corrected chi connectivity index (χ0v) is 9.85. The number of halogens is 2. The highest BCUT2D eigenvalue weighted by atomic mass is 35.5. The third kappa shape index (κ3) is 2.54. The number of benzene rings is 1. The Labute approximate surface area is 105 Å². The van der Waals surface area contributed by atoms with Crippen LogP contribution in [0.5, 0.6) is 0 Å². The molecule has 1 aromatic carbocycles. The lowest BCUT2D eigenvalue weighted by atomic mass is 10.3. The number of carboxylic acid groups (broad SMARTS) is 1. The highest BCUT2D eigenvalue weighted by Gasteiger charge is 2.12. The highest BCUT2D eigenvalue weighted by molar-refractivity contribution is 7.17. The molecule has 2 rings (SSSR count). The van der Waals surface area contributed by atoms with E-state index in [4.69, 9.17) is 16.7 Å². The summed E-state index contributed by atoms with van der Waals surface area (Å²) in [6.07, 6.45) is 1.20. The van der Waals surface area contributed by atoms with Gasteiger partial charge in [-0.1, -0.05) is 29.0 Å². The number of hydrogen-bond donors (Lipinski definition) is 2. The van der Waals surface area contributed by atoms with Crippen LogP contribution in [0.3, 0.4) is 0 Å². The highest BCUT2D eigenvalue weighted by Crippen LogP contribution is 2.29. The Morgan fingerprint density at radius 3 is 2.88 bits per heavy atom. The van der Waals surface area contributed by atoms with E-state index in [-0.39, 0.29) is 20.7 Å². The van der Waals surface area contributed by atoms with E-state index >= 15 is 0 Å². The van der Waals surface area contributed by atoms with Crippen molar-refractivity contribution in [3.63, 3.8) is 0 Å². The van der Waals surface area contributed by atoms with Gasteiger partial charge in [-0.3, -0.25) is 0 Å². The van der Waals surface area contributed by atoms with Gasteiger partial charge in [0.15, 0.2) is 5.13 Å². The number of aromatic carboxylic acids is 1. The lowest BCUT2D eigenvalue weighted by Gasteiger charge is -2.05. The molecule has 1 aromatic heterocycles. The number of anilines is 2. The lowest BCUT2D eigenvalue weighted by molar-refractivity contribution is 0.0702. The van der Waals surface area contributed by atoms with Crippen LogP contribution in [0.25, 0.3) is 0 Å². The summed E-state index contributed by atoms with van der Waals surface area (Å²) in [5.74, 6) is -1.60. The fourth-order valence-corrected chi connectivity index (χ4v) is 2.02. The molecule has 17 heavy (non-hydrogen) atoms. The number of carbonyl (C=O) groups is 1. The van der Waals surface area contributed by atoms with Crippen LogP contribution >= 0.6 is 22.9 Å². The van der Waals surface area contributed by atoms with Crippen LogP contribution in [0.15, 0.2) is 24.4 Å². The molecule has 0 radical (unpaired) electrons. The summed E-state index contributed by atoms with van der Waals surface area (Å²) in [4.78, 5) is 14.5. The third-order valence-electron chi connectivity index (χ3n) is 1.91. The molecule has 2 aromatic rings. The van der Waals surface area contributed by atoms with Crippen molar-refractivity contribution in [1.82, 2.24) is 4.98 Å². The topological polar surface area (TPSA) is 62.2 Å². The molecule has 0 aliphatic rings. The number of nitrogens with zero attached hydrogens (tertiary/aromatic N) is 1. The molecule has 2 N–H and O–H groups in total. The van der Waals surface area contributed by atoms with Crippen molar-refractivity contribution < 1.29 is 14.3 Å². The number of thiazole rings is 1. The van der Waals surface area contributed by atoms with Gasteiger partial charge in [-0.25, -0.2) is 14.2 Å². The molecule has 0 atom stereocenters. The van der Waals surface area contributed by atoms with Gasteiger partial charge in [-0.05, 0) is 12.1 Å². The number of para-hydroxylation sites is 1. The molecule has 0 saturated carbocycles. The molecular formula is C10H6ClFN2O2S. The predicted octanol–water partition coefficient (Wildman–Crippen LogP) is 3.38. The zero-order chi connectivity index (χ0) is 12.4. The molecule has 7 heteroatoms. The van der Waals surface area contributed by atoms with Crippen molar-refractivity contribution in [3.05, 3.63) is 40.1 Å². The monoisotopic (exact) mass is 272 g/mol. The van der Waals surface area contributed by atoms with Crippen molar-refractivity contribution in [1.29, 1.82) is 0 Å². The van der Waals surface area contributed by atoms with E-state index in [9.17, 15) is 9.18 Å². The minimum Gasteiger partial charge on any atom is -0.477 e. The van der Waals surface area contributed by atoms with Gasteiger partial charge < -0.3 is 10.4 Å². The van der Waals surface area contributed by atoms with Gasteiger partial charge in [0.2, 0.25) is 0 Å². The average Bonchev–Trinajstić information content (AvgIpc) is 2.72. The molecule has 1 heterocycles. The fourth-order valence-electron chi connectivity index (χ4n) is 1.15. The van der Waals surface area contributed by atoms with E-state index < -0.39 is 11.8 Å². The van der Waals surface area contributed by atoms with Crippen LogP contribution in [0, 0.1) is 5.82 Å². The van der Waals surface area contributed by atoms with Gasteiger partial charge >= 0.3 is 5.97 Å². The number of rotatable bonds is 3. The standard InChI is InChI=1S/C10H6ClFN2O2S/c11-5-2-1-3-6(12)8(5)14-10-13-4-7(17-10)9(15)16/h1-4H,(H,13,14)(H,15,16). The molecule has 0 bridgehead atoms. The Balaban J connectivity index is 2.28. The first-order chi connectivity index (χ1) is 8.08. The van der Waals surface area contributed by atoms with E-state index in [0.717, 1.165) is 11.3 Å². The second-order valence-electron chi connectivity index (χ2n) is 3.06. The maximum absolute atomic E-state index is 13.4. The summed E-state index contributed by atoms with van der Waals surface area (Å²) < 4.78 is 13.4. The maximum Gasteiger partial charge on any atom is 0.347 e. The van der Waals surface area contributed by atoms with Gasteiger partial charge in [0.1, 0.15) is 10.7 Å². The normalized spacial score (nSPS) is 10.2. The van der Waals surface area contributed by atoms with E-state index in [1.54, 1.807) is 0 Å². The van der Waals surface area contributed by atoms with Crippen LogP contribution in [-0.2, 0) is 0 Å². The molecule has 0 amide bonds. The smallest absolute Gasteiger partial charge is 0.347 e. The Kier molecular flexibility index (Phi) is 3.26. The van der Waals surface area contributed by atoms with Crippen molar-refractivity contribution in [3.8, 4) is 0 Å². The Morgan fingerprint density at radius 1 is 1.53 bits per heavy atom. The second kappa shape index (κ2) is 4.68. The average molecular weight is 273 g/mol. The minimum absolute atomic E-state index is 0.0694. The van der Waals surface area contributed by atoms with Gasteiger partial charge in [0.05, 0.1) is 16.9 Å². The van der Waals surface area contributed by atoms with Crippen LogP contribution < -0.4 is 5.32 Å². The van der Waals surface area contributed by atoms with Gasteiger partial charge in [0, 0.05) is 0 Å². The van der Waals surface area contributed by atoms with Crippen molar-refractivity contribution >= 4 is 39.7 Å². The van der Waals surface area contributed by atoms with Crippen LogP contribution in [0.1, 0.15) is 9.67 Å². The second-order valence-corrected chi connectivity index (χ2v) is 4.49. The van der Waals surface area contributed by atoms with Crippen LogP contribution in [-0.4, -0.2) is 16.1 Å². The van der Waals surface area contributed by atoms with Gasteiger partial charge in [0.25, 0.3) is 0 Å². The Bertz CT molecular complexity index is 553. The summed E-state index contributed by atoms with van der Waals surface area (Å²) in [5.41, 5.74) is 0.0838. The number of hydrogen-bond acceptors (Lipinski definition) is 4. The van der Waals surface area contributed by atoms with E-state index in [1.165, 1.54) is 24.4 Å². The van der Waals surface area contributed by atoms with Crippen LogP contribution in [0.4, 0.5) is 15.2 Å². The van der Waals surface area contributed by atoms with Gasteiger partial charge in [-0.2, -0.15) is 0 Å². The molecule has 0 aliphatic carbocycles. The number of carboxylic acids is 1. The first-order valence-corrected chi connectivity index (χ1v) is 5.67. The molecule has 0 spiro atoms. The SMILES string of the molecule is O=C(O)c1cnc(Nc2c(F)cccc2Cl)s1. The number of aromatic nitrogens is 1. The molecular weight excluding hydrogens is 267 g/mol. The third-order valence-corrected chi connectivity index (χ3v) is 3.13. The van der Waals surface area contributed by atoms with Crippen molar-refractivity contribution in [2.45, 2.75) is 0 Å². The first kappa shape index (κ1) is 11.8. The Morgan fingerprint density at radius 2 is 2.29 bits per heavy atom. The summed E-state index contributed by atoms with van der Waals surface area (Å²) in [6, 6.07) is 4.26. The van der Waals surface area contributed by atoms with Crippen molar-refractivity contribution in [2.24, 2.45) is 0 Å². The van der Waals surface area contributed by atoms with E-state index in [1.807, 2.05) is 0 Å². The lowest BCUT2D eigenvalue weighted by Crippen LogP contribution is -1.93. The van der Waals surface area contributed by atoms with Crippen LogP contribution in [0.2, 0.25) is 5.02 Å². The zero-order valence-electron chi connectivity index (χ0n) is 8.28. The summed E-state index contributed by atoms with van der Waals surface area (Å²) >= 11 is 6.71. The molecule has 0 saturated heterocycles. The van der Waals surface area contributed by atoms with E-state index in [2.05, 4.69) is 10.3 Å². The summed E-state index contributed by atoms with van der Waals surface area (Å²) in [6.45, 7) is 0. The quantitative estimate of drug-likeness (QED) is 0.899. The molecule has 4 nitrogen and oxygen atoms in total. The Hall–Kier alpha value is -1.66.